The topological polar surface area (TPSA) is 0 Å². The predicted molar refractivity (Wildman–Crippen MR) is 31.8 cm³/mol. The van der Waals surface area contributed by atoms with Gasteiger partial charge in [-0.2, -0.15) is 0 Å². The molecule has 1 saturated carbocycles. The molecule has 1 rings (SSSR count). The summed E-state index contributed by atoms with van der Waals surface area (Å²) >= 11 is 0. The van der Waals surface area contributed by atoms with Gasteiger partial charge < -0.3 is 0 Å². The molecule has 0 spiro atoms. The zero-order valence-corrected chi connectivity index (χ0v) is 4.61. The molecule has 0 atom stereocenters. The van der Waals surface area contributed by atoms with Crippen LogP contribution in [0.15, 0.2) is 12.2 Å². The van der Waals surface area contributed by atoms with Crippen LogP contribution in [-0.2, 0) is 0 Å². The molecule has 1 aliphatic rings. The van der Waals surface area contributed by atoms with Gasteiger partial charge in [0.25, 0.3) is 0 Å². The molecule has 0 nitrogen and oxygen atoms in total. The second-order valence-corrected chi connectivity index (χ2v) is 2.29. The van der Waals surface area contributed by atoms with E-state index in [9.17, 15) is 0 Å². The maximum atomic E-state index is 3.77. The van der Waals surface area contributed by atoms with E-state index < -0.39 is 0 Å². The van der Waals surface area contributed by atoms with E-state index >= 15 is 0 Å². The van der Waals surface area contributed by atoms with Gasteiger partial charge >= 0.3 is 0 Å². The zero-order chi connectivity index (χ0) is 5.28. The fourth-order valence-corrected chi connectivity index (χ4v) is 0.816. The molecule has 0 aromatic heterocycles. The lowest BCUT2D eigenvalue weighted by atomic mass is 9.81. The van der Waals surface area contributed by atoms with E-state index in [2.05, 4.69) is 13.5 Å². The third-order valence-electron chi connectivity index (χ3n) is 1.68. The van der Waals surface area contributed by atoms with E-state index in [1.54, 1.807) is 0 Å². The van der Waals surface area contributed by atoms with Crippen LogP contribution >= 0.6 is 0 Å². The predicted octanol–water partition coefficient (Wildman–Crippen LogP) is 2.18. The molecule has 0 heterocycles. The smallest absolute Gasteiger partial charge is 0.0206 e. The molecule has 0 saturated heterocycles. The first-order chi connectivity index (χ1) is 3.30. The van der Waals surface area contributed by atoms with Gasteiger partial charge in [-0.1, -0.05) is 18.6 Å². The minimum atomic E-state index is 0.778. The Labute approximate surface area is 45.2 Å². The summed E-state index contributed by atoms with van der Waals surface area (Å²) in [6, 6.07) is 0. The molecule has 1 aliphatic carbocycles. The highest BCUT2D eigenvalue weighted by Crippen LogP contribution is 2.31. The Morgan fingerprint density at radius 1 is 1.43 bits per heavy atom. The van der Waals surface area contributed by atoms with Crippen LogP contribution in [-0.4, -0.2) is 0 Å². The first-order valence-electron chi connectivity index (χ1n) is 2.81. The molecule has 1 radical (unpaired) electrons. The molecule has 0 aromatic carbocycles. The Kier molecular flexibility index (Phi) is 1.18. The summed E-state index contributed by atoms with van der Waals surface area (Å²) in [7, 11) is 0. The van der Waals surface area contributed by atoms with Crippen molar-refractivity contribution in [3.63, 3.8) is 0 Å². The van der Waals surface area contributed by atoms with Crippen LogP contribution in [0.5, 0.6) is 0 Å². The summed E-state index contributed by atoms with van der Waals surface area (Å²) in [4.78, 5) is 0. The third-order valence-corrected chi connectivity index (χ3v) is 1.68. The Hall–Kier alpha value is -0.260. The molecule has 7 heavy (non-hydrogen) atoms. The van der Waals surface area contributed by atoms with Crippen LogP contribution in [0, 0.1) is 12.8 Å². The Bertz CT molecular complexity index is 78.0. The number of allylic oxidation sites excluding steroid dienone is 1. The van der Waals surface area contributed by atoms with Crippen molar-refractivity contribution in [1.82, 2.24) is 0 Å². The van der Waals surface area contributed by atoms with Gasteiger partial charge in [0.2, 0.25) is 0 Å². The summed E-state index contributed by atoms with van der Waals surface area (Å²) in [6.45, 7) is 7.53. The van der Waals surface area contributed by atoms with Gasteiger partial charge in [-0.15, -0.1) is 0 Å². The van der Waals surface area contributed by atoms with Crippen LogP contribution < -0.4 is 0 Å². The summed E-state index contributed by atoms with van der Waals surface area (Å²) in [5.74, 6) is 0.778. The van der Waals surface area contributed by atoms with E-state index in [-0.39, 0.29) is 0 Å². The molecule has 1 fully saturated rings. The lowest BCUT2D eigenvalue weighted by molar-refractivity contribution is 0.374. The maximum absolute atomic E-state index is 3.77. The SMILES string of the molecule is [CH2]C(=C)C1CCC1. The Morgan fingerprint density at radius 3 is 2.00 bits per heavy atom. The number of hydrogen-bond donors (Lipinski definition) is 0. The molecule has 0 unspecified atom stereocenters. The zero-order valence-electron chi connectivity index (χ0n) is 4.61. The molecular weight excluding hydrogens is 84.1 g/mol. The molecule has 0 bridgehead atoms. The van der Waals surface area contributed by atoms with E-state index in [1.807, 2.05) is 0 Å². The summed E-state index contributed by atoms with van der Waals surface area (Å²) in [5.41, 5.74) is 1.13. The highest BCUT2D eigenvalue weighted by Gasteiger charge is 2.16. The van der Waals surface area contributed by atoms with Gasteiger partial charge in [0, 0.05) is 0 Å². The average Bonchev–Trinajstić information content (AvgIpc) is 1.23. The Balaban J connectivity index is 2.27. The van der Waals surface area contributed by atoms with E-state index in [1.165, 1.54) is 19.3 Å². The van der Waals surface area contributed by atoms with Crippen LogP contribution in [0.25, 0.3) is 0 Å². The quantitative estimate of drug-likeness (QED) is 0.468. The van der Waals surface area contributed by atoms with Crippen LogP contribution in [0.4, 0.5) is 0 Å². The molecule has 0 heteroatoms. The molecule has 0 amide bonds. The van der Waals surface area contributed by atoms with Crippen molar-refractivity contribution in [3.05, 3.63) is 19.1 Å². The van der Waals surface area contributed by atoms with E-state index in [4.69, 9.17) is 0 Å². The standard InChI is InChI=1S/C7H11/c1-6(2)7-4-3-5-7/h7H,1-5H2. The van der Waals surface area contributed by atoms with Crippen LogP contribution in [0.2, 0.25) is 0 Å². The maximum Gasteiger partial charge on any atom is -0.0206 e. The monoisotopic (exact) mass is 95.1 g/mol. The molecule has 0 aliphatic heterocycles. The van der Waals surface area contributed by atoms with Gasteiger partial charge in [0.05, 0.1) is 0 Å². The fourth-order valence-electron chi connectivity index (χ4n) is 0.816. The average molecular weight is 95.2 g/mol. The molecule has 39 valence electrons. The molecular formula is C7H11. The second-order valence-electron chi connectivity index (χ2n) is 2.29. The van der Waals surface area contributed by atoms with Gasteiger partial charge in [0.15, 0.2) is 0 Å². The third kappa shape index (κ3) is 0.846. The van der Waals surface area contributed by atoms with Crippen molar-refractivity contribution in [2.45, 2.75) is 19.3 Å². The van der Waals surface area contributed by atoms with Crippen molar-refractivity contribution in [2.75, 3.05) is 0 Å². The summed E-state index contributed by atoms with van der Waals surface area (Å²) in [5, 5.41) is 0. The van der Waals surface area contributed by atoms with Crippen molar-refractivity contribution >= 4 is 0 Å². The van der Waals surface area contributed by atoms with Gasteiger partial charge in [-0.3, -0.25) is 0 Å². The first-order valence-corrected chi connectivity index (χ1v) is 2.81. The van der Waals surface area contributed by atoms with Gasteiger partial charge in [-0.05, 0) is 25.7 Å². The lowest BCUT2D eigenvalue weighted by Gasteiger charge is -2.24. The number of rotatable bonds is 1. The number of hydrogen-bond acceptors (Lipinski definition) is 0. The molecule has 0 N–H and O–H groups in total. The van der Waals surface area contributed by atoms with E-state index in [0.29, 0.717) is 0 Å². The summed E-state index contributed by atoms with van der Waals surface area (Å²) in [6.07, 6.45) is 4.06. The minimum absolute atomic E-state index is 0.778. The second kappa shape index (κ2) is 1.69. The highest BCUT2D eigenvalue weighted by molar-refractivity contribution is 5.06. The van der Waals surface area contributed by atoms with Crippen LogP contribution in [0.3, 0.4) is 0 Å². The highest BCUT2D eigenvalue weighted by atomic mass is 14.2. The molecule has 0 aromatic rings. The largest absolute Gasteiger partial charge is 0.0996 e. The van der Waals surface area contributed by atoms with Crippen molar-refractivity contribution in [3.8, 4) is 0 Å². The first kappa shape index (κ1) is 4.89. The van der Waals surface area contributed by atoms with Crippen molar-refractivity contribution in [1.29, 1.82) is 0 Å². The van der Waals surface area contributed by atoms with E-state index in [0.717, 1.165) is 11.5 Å². The summed E-state index contributed by atoms with van der Waals surface area (Å²) < 4.78 is 0. The normalized spacial score (nSPS) is 21.3. The van der Waals surface area contributed by atoms with Crippen molar-refractivity contribution in [2.24, 2.45) is 5.92 Å². The van der Waals surface area contributed by atoms with Gasteiger partial charge in [0.1, 0.15) is 0 Å². The van der Waals surface area contributed by atoms with Crippen molar-refractivity contribution < 1.29 is 0 Å². The lowest BCUT2D eigenvalue weighted by Crippen LogP contribution is -2.10. The minimum Gasteiger partial charge on any atom is -0.0996 e. The van der Waals surface area contributed by atoms with Crippen LogP contribution in [0.1, 0.15) is 19.3 Å². The Morgan fingerprint density at radius 2 is 2.00 bits per heavy atom. The van der Waals surface area contributed by atoms with Gasteiger partial charge in [-0.25, -0.2) is 0 Å². The fraction of sp³-hybridized carbons (Fsp3) is 0.571.